The molecule has 1 fully saturated rings. The van der Waals surface area contributed by atoms with Crippen LogP contribution in [0.25, 0.3) is 0 Å². The average molecular weight is 362 g/mol. The first-order valence-electron chi connectivity index (χ1n) is 9.76. The van der Waals surface area contributed by atoms with Crippen molar-refractivity contribution >= 4 is 11.8 Å². The molecule has 2 amide bonds. The standard InChI is InChI=1S/C23H26N2O2/c1-14(2)24-22(26)20-18-9-4-5-10-19(18)23(27)25(17-11-12-17)21(20)16-8-6-7-15(3)13-16/h4-10,13-14,17,20-21H,11-12H2,1-3H3,(H,24,26). The molecule has 4 nitrogen and oxygen atoms in total. The smallest absolute Gasteiger partial charge is 0.254 e. The Labute approximate surface area is 160 Å². The van der Waals surface area contributed by atoms with E-state index in [-0.39, 0.29) is 29.9 Å². The van der Waals surface area contributed by atoms with Gasteiger partial charge in [-0.1, -0.05) is 48.0 Å². The molecule has 1 aliphatic carbocycles. The van der Waals surface area contributed by atoms with E-state index in [2.05, 4.69) is 11.4 Å². The number of amides is 2. The van der Waals surface area contributed by atoms with Crippen LogP contribution in [-0.2, 0) is 4.79 Å². The van der Waals surface area contributed by atoms with E-state index in [1.54, 1.807) is 0 Å². The maximum Gasteiger partial charge on any atom is 0.254 e. The normalized spacial score (nSPS) is 21.9. The topological polar surface area (TPSA) is 49.4 Å². The van der Waals surface area contributed by atoms with Crippen molar-refractivity contribution in [2.24, 2.45) is 0 Å². The number of hydrogen-bond acceptors (Lipinski definition) is 2. The van der Waals surface area contributed by atoms with E-state index in [1.165, 1.54) is 0 Å². The molecule has 2 aromatic rings. The van der Waals surface area contributed by atoms with Crippen LogP contribution in [-0.4, -0.2) is 28.8 Å². The molecule has 2 aliphatic rings. The minimum Gasteiger partial charge on any atom is -0.353 e. The first-order valence-corrected chi connectivity index (χ1v) is 9.76. The molecular formula is C23H26N2O2. The Morgan fingerprint density at radius 3 is 2.52 bits per heavy atom. The molecule has 2 unspecified atom stereocenters. The fraction of sp³-hybridized carbons (Fsp3) is 0.391. The van der Waals surface area contributed by atoms with Crippen molar-refractivity contribution in [3.8, 4) is 0 Å². The van der Waals surface area contributed by atoms with Gasteiger partial charge >= 0.3 is 0 Å². The van der Waals surface area contributed by atoms with Gasteiger partial charge in [-0.05, 0) is 50.8 Å². The number of carbonyl (C=O) groups is 2. The molecule has 0 spiro atoms. The average Bonchev–Trinajstić information content (AvgIpc) is 3.45. The van der Waals surface area contributed by atoms with Crippen molar-refractivity contribution in [3.63, 3.8) is 0 Å². The Morgan fingerprint density at radius 2 is 1.85 bits per heavy atom. The SMILES string of the molecule is Cc1cccc(C2C(C(=O)NC(C)C)c3ccccc3C(=O)N2C2CC2)c1. The summed E-state index contributed by atoms with van der Waals surface area (Å²) in [6.45, 7) is 5.99. The third-order valence-corrected chi connectivity index (χ3v) is 5.41. The minimum absolute atomic E-state index is 0.0119. The van der Waals surface area contributed by atoms with Gasteiger partial charge in [0.2, 0.25) is 5.91 Å². The summed E-state index contributed by atoms with van der Waals surface area (Å²) in [4.78, 5) is 28.6. The molecule has 1 heterocycles. The highest BCUT2D eigenvalue weighted by Gasteiger charge is 2.49. The van der Waals surface area contributed by atoms with Crippen molar-refractivity contribution in [1.29, 1.82) is 0 Å². The Bertz CT molecular complexity index is 885. The second-order valence-electron chi connectivity index (χ2n) is 8.03. The summed E-state index contributed by atoms with van der Waals surface area (Å²) >= 11 is 0. The van der Waals surface area contributed by atoms with Gasteiger partial charge in [-0.2, -0.15) is 0 Å². The zero-order valence-electron chi connectivity index (χ0n) is 16.1. The first-order chi connectivity index (χ1) is 13.0. The predicted molar refractivity (Wildman–Crippen MR) is 106 cm³/mol. The third kappa shape index (κ3) is 3.25. The van der Waals surface area contributed by atoms with Crippen LogP contribution in [0.15, 0.2) is 48.5 Å². The Kier molecular flexibility index (Phi) is 4.50. The maximum absolute atomic E-state index is 13.4. The molecule has 1 saturated carbocycles. The monoisotopic (exact) mass is 362 g/mol. The van der Waals surface area contributed by atoms with E-state index in [0.717, 1.165) is 29.5 Å². The van der Waals surface area contributed by atoms with Crippen LogP contribution in [0.3, 0.4) is 0 Å². The summed E-state index contributed by atoms with van der Waals surface area (Å²) in [6.07, 6.45) is 2.02. The highest BCUT2D eigenvalue weighted by atomic mass is 16.2. The molecule has 140 valence electrons. The quantitative estimate of drug-likeness (QED) is 0.895. The van der Waals surface area contributed by atoms with Gasteiger partial charge in [0.05, 0.1) is 12.0 Å². The lowest BCUT2D eigenvalue weighted by molar-refractivity contribution is -0.124. The van der Waals surface area contributed by atoms with E-state index in [0.29, 0.717) is 5.56 Å². The molecule has 2 atom stereocenters. The molecular weight excluding hydrogens is 336 g/mol. The minimum atomic E-state index is -0.399. The highest BCUT2D eigenvalue weighted by molar-refractivity contribution is 6.01. The third-order valence-electron chi connectivity index (χ3n) is 5.41. The first kappa shape index (κ1) is 17.8. The molecule has 0 aromatic heterocycles. The number of hydrogen-bond donors (Lipinski definition) is 1. The van der Waals surface area contributed by atoms with Crippen LogP contribution in [0.4, 0.5) is 0 Å². The molecule has 4 rings (SSSR count). The van der Waals surface area contributed by atoms with Crippen LogP contribution in [0.2, 0.25) is 0 Å². The second-order valence-corrected chi connectivity index (χ2v) is 8.03. The largest absolute Gasteiger partial charge is 0.353 e. The zero-order chi connectivity index (χ0) is 19.1. The molecule has 0 saturated heterocycles. The lowest BCUT2D eigenvalue weighted by Crippen LogP contribution is -2.49. The van der Waals surface area contributed by atoms with E-state index >= 15 is 0 Å². The summed E-state index contributed by atoms with van der Waals surface area (Å²) in [5.74, 6) is -0.362. The Balaban J connectivity index is 1.90. The van der Waals surface area contributed by atoms with Crippen molar-refractivity contribution in [1.82, 2.24) is 10.2 Å². The van der Waals surface area contributed by atoms with Crippen molar-refractivity contribution in [3.05, 3.63) is 70.8 Å². The van der Waals surface area contributed by atoms with E-state index in [9.17, 15) is 9.59 Å². The molecule has 1 N–H and O–H groups in total. The van der Waals surface area contributed by atoms with Gasteiger partial charge in [0.15, 0.2) is 0 Å². The molecule has 27 heavy (non-hydrogen) atoms. The summed E-state index contributed by atoms with van der Waals surface area (Å²) in [7, 11) is 0. The number of carbonyl (C=O) groups excluding carboxylic acids is 2. The summed E-state index contributed by atoms with van der Waals surface area (Å²) < 4.78 is 0. The van der Waals surface area contributed by atoms with Crippen LogP contribution in [0.5, 0.6) is 0 Å². The van der Waals surface area contributed by atoms with Gasteiger partial charge in [0.25, 0.3) is 5.91 Å². The maximum atomic E-state index is 13.4. The lowest BCUT2D eigenvalue weighted by atomic mass is 9.78. The molecule has 0 bridgehead atoms. The number of nitrogens with one attached hydrogen (secondary N) is 1. The summed E-state index contributed by atoms with van der Waals surface area (Å²) in [6, 6.07) is 15.8. The van der Waals surface area contributed by atoms with Crippen LogP contribution < -0.4 is 5.32 Å². The number of fused-ring (bicyclic) bond motifs is 1. The van der Waals surface area contributed by atoms with Crippen molar-refractivity contribution < 1.29 is 9.59 Å². The summed E-state index contributed by atoms with van der Waals surface area (Å²) in [5, 5.41) is 3.09. The fourth-order valence-corrected chi connectivity index (χ4v) is 4.17. The van der Waals surface area contributed by atoms with E-state index in [1.807, 2.05) is 68.1 Å². The number of benzene rings is 2. The van der Waals surface area contributed by atoms with Gasteiger partial charge in [0, 0.05) is 17.6 Å². The molecule has 1 aliphatic heterocycles. The van der Waals surface area contributed by atoms with E-state index in [4.69, 9.17) is 0 Å². The summed E-state index contributed by atoms with van der Waals surface area (Å²) in [5.41, 5.74) is 3.67. The fourth-order valence-electron chi connectivity index (χ4n) is 4.17. The molecule has 2 aromatic carbocycles. The van der Waals surface area contributed by atoms with Crippen LogP contribution >= 0.6 is 0 Å². The second kappa shape index (κ2) is 6.84. The molecule has 4 heteroatoms. The molecule has 0 radical (unpaired) electrons. The number of rotatable bonds is 4. The van der Waals surface area contributed by atoms with Gasteiger partial charge in [-0.25, -0.2) is 0 Å². The van der Waals surface area contributed by atoms with Crippen molar-refractivity contribution in [2.75, 3.05) is 0 Å². The van der Waals surface area contributed by atoms with Crippen LogP contribution in [0.1, 0.15) is 65.7 Å². The highest BCUT2D eigenvalue weighted by Crippen LogP contribution is 2.47. The van der Waals surface area contributed by atoms with Crippen molar-refractivity contribution in [2.45, 2.75) is 57.7 Å². The lowest BCUT2D eigenvalue weighted by Gasteiger charge is -2.42. The number of nitrogens with zero attached hydrogens (tertiary/aromatic N) is 1. The number of aryl methyl sites for hydroxylation is 1. The van der Waals surface area contributed by atoms with E-state index < -0.39 is 5.92 Å². The van der Waals surface area contributed by atoms with Gasteiger partial charge in [0.1, 0.15) is 0 Å². The Hall–Kier alpha value is -2.62. The van der Waals surface area contributed by atoms with Crippen LogP contribution in [0, 0.1) is 6.92 Å². The van der Waals surface area contributed by atoms with Gasteiger partial charge < -0.3 is 10.2 Å². The van der Waals surface area contributed by atoms with Gasteiger partial charge in [-0.3, -0.25) is 9.59 Å². The van der Waals surface area contributed by atoms with Gasteiger partial charge in [-0.15, -0.1) is 0 Å². The zero-order valence-corrected chi connectivity index (χ0v) is 16.1. The predicted octanol–water partition coefficient (Wildman–Crippen LogP) is 3.96. The Morgan fingerprint density at radius 1 is 1.11 bits per heavy atom.